The first-order valence-corrected chi connectivity index (χ1v) is 10.6. The van der Waals surface area contributed by atoms with E-state index >= 15 is 0 Å². The predicted octanol–water partition coefficient (Wildman–Crippen LogP) is 2.33. The minimum atomic E-state index is -3.58. The molecule has 1 fully saturated rings. The summed E-state index contributed by atoms with van der Waals surface area (Å²) in [6, 6.07) is 12.9. The van der Waals surface area contributed by atoms with Gasteiger partial charge in [-0.15, -0.1) is 0 Å². The van der Waals surface area contributed by atoms with E-state index in [0.29, 0.717) is 23.7 Å². The van der Waals surface area contributed by atoms with E-state index in [9.17, 15) is 13.2 Å². The van der Waals surface area contributed by atoms with Gasteiger partial charge in [-0.25, -0.2) is 8.42 Å². The Morgan fingerprint density at radius 3 is 2.50 bits per heavy atom. The summed E-state index contributed by atoms with van der Waals surface area (Å²) >= 11 is 0. The fraction of sp³-hybridized carbons (Fsp3) is 0.300. The van der Waals surface area contributed by atoms with Crippen LogP contribution in [0.25, 0.3) is 10.9 Å². The number of aromatic amines is 1. The number of sulfonamides is 1. The predicted molar refractivity (Wildman–Crippen MR) is 107 cm³/mol. The first-order chi connectivity index (χ1) is 13.4. The molecule has 1 aliphatic heterocycles. The fourth-order valence-corrected chi connectivity index (χ4v) is 5.26. The number of nitrogens with zero attached hydrogens (tertiary/aromatic N) is 3. The summed E-state index contributed by atoms with van der Waals surface area (Å²) in [5, 5.41) is 7.81. The van der Waals surface area contributed by atoms with Crippen LogP contribution in [-0.2, 0) is 10.0 Å². The summed E-state index contributed by atoms with van der Waals surface area (Å²) < 4.78 is 27.6. The van der Waals surface area contributed by atoms with Crippen LogP contribution in [0.4, 0.5) is 0 Å². The van der Waals surface area contributed by atoms with E-state index in [1.165, 1.54) is 4.31 Å². The van der Waals surface area contributed by atoms with Gasteiger partial charge in [-0.05, 0) is 37.1 Å². The number of H-pyrrole nitrogens is 1. The van der Waals surface area contributed by atoms with Crippen molar-refractivity contribution in [3.8, 4) is 0 Å². The van der Waals surface area contributed by atoms with E-state index in [2.05, 4.69) is 10.2 Å². The van der Waals surface area contributed by atoms with Crippen LogP contribution in [0.15, 0.2) is 47.4 Å². The number of carbonyl (C=O) groups excluding carboxylic acids is 1. The third kappa shape index (κ3) is 3.18. The number of nitrogens with one attached hydrogen (secondary N) is 1. The molecule has 1 N–H and O–H groups in total. The molecule has 8 heteroatoms. The van der Waals surface area contributed by atoms with E-state index in [-0.39, 0.29) is 19.0 Å². The molecule has 1 amide bonds. The number of fused-ring (bicyclic) bond motifs is 1. The molecule has 0 saturated carbocycles. The van der Waals surface area contributed by atoms with Crippen LogP contribution in [0.3, 0.4) is 0 Å². The third-order valence-electron chi connectivity index (χ3n) is 5.16. The molecule has 2 heterocycles. The number of para-hydroxylation sites is 1. The zero-order valence-electron chi connectivity index (χ0n) is 15.8. The van der Waals surface area contributed by atoms with Gasteiger partial charge in [-0.2, -0.15) is 9.40 Å². The third-order valence-corrected chi connectivity index (χ3v) is 7.20. The quantitative estimate of drug-likeness (QED) is 0.734. The Labute approximate surface area is 164 Å². The van der Waals surface area contributed by atoms with Crippen molar-refractivity contribution in [2.45, 2.75) is 18.7 Å². The number of hydrogen-bond donors (Lipinski definition) is 1. The zero-order chi connectivity index (χ0) is 19.9. The fourth-order valence-electron chi connectivity index (χ4n) is 3.53. The van der Waals surface area contributed by atoms with Crippen LogP contribution < -0.4 is 0 Å². The molecule has 0 spiro atoms. The molecule has 28 heavy (non-hydrogen) atoms. The van der Waals surface area contributed by atoms with Crippen molar-refractivity contribution in [3.63, 3.8) is 0 Å². The van der Waals surface area contributed by atoms with E-state index in [0.717, 1.165) is 22.0 Å². The summed E-state index contributed by atoms with van der Waals surface area (Å²) in [6.07, 6.45) is 0. The van der Waals surface area contributed by atoms with E-state index in [1.54, 1.807) is 17.9 Å². The lowest BCUT2D eigenvalue weighted by molar-refractivity contribution is 0.0694. The molecule has 7 nitrogen and oxygen atoms in total. The Hall–Kier alpha value is -2.71. The number of amides is 1. The maximum Gasteiger partial charge on any atom is 0.275 e. The number of aryl methyl sites for hydroxylation is 2. The van der Waals surface area contributed by atoms with Gasteiger partial charge < -0.3 is 4.90 Å². The molecule has 0 bridgehead atoms. The van der Waals surface area contributed by atoms with Crippen LogP contribution in [0.1, 0.15) is 21.6 Å². The minimum Gasteiger partial charge on any atom is -0.335 e. The summed E-state index contributed by atoms with van der Waals surface area (Å²) in [7, 11) is -3.58. The molecule has 4 rings (SSSR count). The van der Waals surface area contributed by atoms with Crippen LogP contribution in [-0.4, -0.2) is 59.9 Å². The van der Waals surface area contributed by atoms with Gasteiger partial charge in [-0.1, -0.05) is 30.3 Å². The van der Waals surface area contributed by atoms with Gasteiger partial charge in [0.15, 0.2) is 5.69 Å². The van der Waals surface area contributed by atoms with Crippen molar-refractivity contribution in [1.29, 1.82) is 0 Å². The van der Waals surface area contributed by atoms with Gasteiger partial charge in [-0.3, -0.25) is 9.89 Å². The molecule has 146 valence electrons. The molecule has 2 aromatic carbocycles. The number of aromatic nitrogens is 2. The van der Waals surface area contributed by atoms with Crippen molar-refractivity contribution in [2.75, 3.05) is 26.2 Å². The van der Waals surface area contributed by atoms with Crippen molar-refractivity contribution in [2.24, 2.45) is 0 Å². The summed E-state index contributed by atoms with van der Waals surface area (Å²) in [5.74, 6) is -0.179. The first kappa shape index (κ1) is 18.6. The van der Waals surface area contributed by atoms with E-state index < -0.39 is 10.0 Å². The molecule has 1 aromatic heterocycles. The summed E-state index contributed by atoms with van der Waals surface area (Å²) in [4.78, 5) is 14.9. The number of benzene rings is 2. The van der Waals surface area contributed by atoms with E-state index in [4.69, 9.17) is 0 Å². The average Bonchev–Trinajstić information content (AvgIpc) is 3.13. The zero-order valence-corrected chi connectivity index (χ0v) is 16.7. The number of carbonyl (C=O) groups is 1. The Bertz CT molecular complexity index is 1150. The highest BCUT2D eigenvalue weighted by Gasteiger charge is 2.32. The van der Waals surface area contributed by atoms with Crippen LogP contribution in [0.2, 0.25) is 0 Å². The Morgan fingerprint density at radius 1 is 1.04 bits per heavy atom. The van der Waals surface area contributed by atoms with Crippen LogP contribution in [0.5, 0.6) is 0 Å². The van der Waals surface area contributed by atoms with Crippen molar-refractivity contribution in [1.82, 2.24) is 19.4 Å². The van der Waals surface area contributed by atoms with Gasteiger partial charge >= 0.3 is 0 Å². The van der Waals surface area contributed by atoms with Gasteiger partial charge in [0.25, 0.3) is 5.91 Å². The second-order valence-electron chi connectivity index (χ2n) is 7.08. The van der Waals surface area contributed by atoms with Crippen molar-refractivity contribution in [3.05, 3.63) is 59.3 Å². The van der Waals surface area contributed by atoms with E-state index in [1.807, 2.05) is 43.3 Å². The first-order valence-electron chi connectivity index (χ1n) is 9.18. The Balaban J connectivity index is 1.51. The second-order valence-corrected chi connectivity index (χ2v) is 8.99. The monoisotopic (exact) mass is 398 g/mol. The summed E-state index contributed by atoms with van der Waals surface area (Å²) in [6.45, 7) is 4.89. The molecule has 1 saturated heterocycles. The molecule has 0 radical (unpaired) electrons. The highest BCUT2D eigenvalue weighted by Crippen LogP contribution is 2.23. The smallest absolute Gasteiger partial charge is 0.275 e. The Morgan fingerprint density at radius 2 is 1.75 bits per heavy atom. The normalized spacial score (nSPS) is 15.9. The molecule has 0 atom stereocenters. The van der Waals surface area contributed by atoms with Gasteiger partial charge in [0.1, 0.15) is 0 Å². The molecular formula is C20H22N4O3S. The molecule has 3 aromatic rings. The maximum absolute atomic E-state index is 13.0. The topological polar surface area (TPSA) is 86.4 Å². The number of piperazine rings is 1. The highest BCUT2D eigenvalue weighted by molar-refractivity contribution is 7.89. The highest BCUT2D eigenvalue weighted by atomic mass is 32.2. The SMILES string of the molecule is Cc1ccc(C)c(S(=O)(=O)N2CCN(C(=O)c3n[nH]c4ccccc34)CC2)c1. The standard InChI is InChI=1S/C20H22N4O3S/c1-14-7-8-15(2)18(13-14)28(26,27)24-11-9-23(10-12-24)20(25)19-16-5-3-4-6-17(16)21-22-19/h3-8,13H,9-12H2,1-2H3,(H,21,22). The molecule has 0 unspecified atom stereocenters. The van der Waals surface area contributed by atoms with Crippen molar-refractivity contribution >= 4 is 26.8 Å². The average molecular weight is 398 g/mol. The molecule has 0 aliphatic carbocycles. The second kappa shape index (κ2) is 7.03. The van der Waals surface area contributed by atoms with Crippen LogP contribution >= 0.6 is 0 Å². The largest absolute Gasteiger partial charge is 0.335 e. The van der Waals surface area contributed by atoms with Gasteiger partial charge in [0.2, 0.25) is 10.0 Å². The Kier molecular flexibility index (Phi) is 4.68. The van der Waals surface area contributed by atoms with Crippen molar-refractivity contribution < 1.29 is 13.2 Å². The molecular weight excluding hydrogens is 376 g/mol. The van der Waals surface area contributed by atoms with Gasteiger partial charge in [0.05, 0.1) is 10.4 Å². The minimum absolute atomic E-state index is 0.179. The van der Waals surface area contributed by atoms with Gasteiger partial charge in [0, 0.05) is 31.6 Å². The number of rotatable bonds is 3. The lowest BCUT2D eigenvalue weighted by Crippen LogP contribution is -2.50. The molecule has 1 aliphatic rings. The number of hydrogen-bond acceptors (Lipinski definition) is 4. The maximum atomic E-state index is 13.0. The van der Waals surface area contributed by atoms with Crippen LogP contribution in [0, 0.1) is 13.8 Å². The summed E-state index contributed by atoms with van der Waals surface area (Å²) in [5.41, 5.74) is 2.82. The lowest BCUT2D eigenvalue weighted by atomic mass is 10.2. The lowest BCUT2D eigenvalue weighted by Gasteiger charge is -2.34.